The number of hydrogen-bond acceptors (Lipinski definition) is 5. The highest BCUT2D eigenvalue weighted by molar-refractivity contribution is 5.76. The molecule has 1 aliphatic rings. The van der Waals surface area contributed by atoms with Gasteiger partial charge >= 0.3 is 0 Å². The van der Waals surface area contributed by atoms with Crippen LogP contribution in [0.5, 0.6) is 0 Å². The van der Waals surface area contributed by atoms with Gasteiger partial charge in [-0.15, -0.1) is 0 Å². The van der Waals surface area contributed by atoms with Crippen LogP contribution in [0.1, 0.15) is 11.5 Å². The second-order valence-corrected chi connectivity index (χ2v) is 6.19. The topological polar surface area (TPSA) is 51.4 Å². The molecule has 5 heteroatoms. The first-order chi connectivity index (χ1) is 11.8. The third kappa shape index (κ3) is 3.32. The number of pyridine rings is 1. The van der Waals surface area contributed by atoms with Crippen molar-refractivity contribution in [3.63, 3.8) is 0 Å². The zero-order valence-corrected chi connectivity index (χ0v) is 13.9. The van der Waals surface area contributed by atoms with Gasteiger partial charge in [-0.2, -0.15) is 0 Å². The number of aryl methyl sites for hydroxylation is 1. The average Bonchev–Trinajstić information content (AvgIpc) is 3.00. The molecule has 124 valence electrons. The summed E-state index contributed by atoms with van der Waals surface area (Å²) >= 11 is 0. The van der Waals surface area contributed by atoms with Crippen molar-refractivity contribution in [2.24, 2.45) is 0 Å². The molecular weight excluding hydrogens is 302 g/mol. The second-order valence-electron chi connectivity index (χ2n) is 6.19. The fraction of sp³-hybridized carbons (Fsp3) is 0.368. The van der Waals surface area contributed by atoms with E-state index in [1.165, 1.54) is 11.1 Å². The fourth-order valence-corrected chi connectivity index (χ4v) is 3.11. The molecule has 2 aromatic heterocycles. The van der Waals surface area contributed by atoms with Crippen LogP contribution in [0.2, 0.25) is 0 Å². The number of aromatic nitrogens is 2. The SMILES string of the molecule is Cc1nc2cc(-c3cccc(CCN4CCOCC4)c3)cnc2o1. The van der Waals surface area contributed by atoms with Crippen LogP contribution >= 0.6 is 0 Å². The summed E-state index contributed by atoms with van der Waals surface area (Å²) in [5.41, 5.74) is 4.99. The minimum atomic E-state index is 0.597. The summed E-state index contributed by atoms with van der Waals surface area (Å²) in [6.45, 7) is 6.68. The number of oxazole rings is 1. The first-order valence-corrected chi connectivity index (χ1v) is 8.40. The molecule has 3 aromatic rings. The molecule has 1 fully saturated rings. The van der Waals surface area contributed by atoms with Gasteiger partial charge in [-0.05, 0) is 23.6 Å². The van der Waals surface area contributed by atoms with Gasteiger partial charge in [-0.1, -0.05) is 24.3 Å². The van der Waals surface area contributed by atoms with Crippen molar-refractivity contribution in [3.8, 4) is 11.1 Å². The van der Waals surface area contributed by atoms with Crippen LogP contribution in [0, 0.1) is 6.92 Å². The molecule has 1 saturated heterocycles. The number of benzene rings is 1. The maximum atomic E-state index is 5.45. The zero-order valence-electron chi connectivity index (χ0n) is 13.9. The standard InChI is InChI=1S/C19H21N3O2/c1-14-21-18-12-17(13-20-19(18)24-14)16-4-2-3-15(11-16)5-6-22-7-9-23-10-8-22/h2-4,11-13H,5-10H2,1H3. The predicted molar refractivity (Wildman–Crippen MR) is 92.9 cm³/mol. The van der Waals surface area contributed by atoms with Gasteiger partial charge in [0.25, 0.3) is 0 Å². The number of morpholine rings is 1. The summed E-state index contributed by atoms with van der Waals surface area (Å²) in [5.74, 6) is 0.647. The summed E-state index contributed by atoms with van der Waals surface area (Å²) in [6, 6.07) is 10.7. The molecule has 4 rings (SSSR count). The number of hydrogen-bond donors (Lipinski definition) is 0. The Morgan fingerprint density at radius 2 is 2.00 bits per heavy atom. The minimum Gasteiger partial charge on any atom is -0.423 e. The summed E-state index contributed by atoms with van der Waals surface area (Å²) in [6.07, 6.45) is 2.90. The Morgan fingerprint density at radius 1 is 1.12 bits per heavy atom. The maximum Gasteiger partial charge on any atom is 0.246 e. The Kier molecular flexibility index (Phi) is 4.28. The Hall–Kier alpha value is -2.24. The van der Waals surface area contributed by atoms with Gasteiger partial charge in [0.05, 0.1) is 13.2 Å². The van der Waals surface area contributed by atoms with Gasteiger partial charge in [0.2, 0.25) is 5.71 Å². The van der Waals surface area contributed by atoms with Gasteiger partial charge in [0, 0.05) is 38.3 Å². The predicted octanol–water partition coefficient (Wildman–Crippen LogP) is 3.07. The van der Waals surface area contributed by atoms with Crippen LogP contribution in [0.4, 0.5) is 0 Å². The van der Waals surface area contributed by atoms with E-state index in [1.54, 1.807) is 0 Å². The van der Waals surface area contributed by atoms with Gasteiger partial charge in [-0.3, -0.25) is 4.90 Å². The molecule has 0 saturated carbocycles. The molecule has 24 heavy (non-hydrogen) atoms. The number of fused-ring (bicyclic) bond motifs is 1. The number of rotatable bonds is 4. The Morgan fingerprint density at radius 3 is 2.88 bits per heavy atom. The van der Waals surface area contributed by atoms with Crippen molar-refractivity contribution >= 4 is 11.2 Å². The molecule has 0 aliphatic carbocycles. The fourth-order valence-electron chi connectivity index (χ4n) is 3.11. The Labute approximate surface area is 141 Å². The first-order valence-electron chi connectivity index (χ1n) is 8.40. The van der Waals surface area contributed by atoms with E-state index in [-0.39, 0.29) is 0 Å². The van der Waals surface area contributed by atoms with E-state index in [0.29, 0.717) is 11.6 Å². The molecule has 0 amide bonds. The molecule has 5 nitrogen and oxygen atoms in total. The largest absolute Gasteiger partial charge is 0.423 e. The van der Waals surface area contributed by atoms with Crippen molar-refractivity contribution in [2.45, 2.75) is 13.3 Å². The smallest absolute Gasteiger partial charge is 0.246 e. The van der Waals surface area contributed by atoms with E-state index in [9.17, 15) is 0 Å². The van der Waals surface area contributed by atoms with E-state index < -0.39 is 0 Å². The molecule has 1 aromatic carbocycles. The lowest BCUT2D eigenvalue weighted by Gasteiger charge is -2.26. The molecule has 0 spiro atoms. The van der Waals surface area contributed by atoms with Crippen molar-refractivity contribution < 1.29 is 9.15 Å². The van der Waals surface area contributed by atoms with E-state index in [1.807, 2.05) is 19.2 Å². The molecule has 1 aliphatic heterocycles. The number of nitrogens with zero attached hydrogens (tertiary/aromatic N) is 3. The zero-order chi connectivity index (χ0) is 16.4. The van der Waals surface area contributed by atoms with E-state index in [0.717, 1.165) is 50.3 Å². The summed E-state index contributed by atoms with van der Waals surface area (Å²) in [7, 11) is 0. The van der Waals surface area contributed by atoms with Crippen molar-refractivity contribution in [1.29, 1.82) is 0 Å². The average molecular weight is 323 g/mol. The van der Waals surface area contributed by atoms with Crippen LogP contribution in [-0.4, -0.2) is 47.7 Å². The minimum absolute atomic E-state index is 0.597. The normalized spacial score (nSPS) is 15.9. The quantitative estimate of drug-likeness (QED) is 0.738. The van der Waals surface area contributed by atoms with Crippen LogP contribution < -0.4 is 0 Å². The highest BCUT2D eigenvalue weighted by Gasteiger charge is 2.10. The Bertz CT molecular complexity index is 837. The summed E-state index contributed by atoms with van der Waals surface area (Å²) in [5, 5.41) is 0. The Balaban J connectivity index is 1.52. The van der Waals surface area contributed by atoms with Gasteiger partial charge < -0.3 is 9.15 Å². The molecule has 0 atom stereocenters. The van der Waals surface area contributed by atoms with E-state index in [4.69, 9.17) is 9.15 Å². The van der Waals surface area contributed by atoms with Gasteiger partial charge in [0.1, 0.15) is 5.52 Å². The van der Waals surface area contributed by atoms with Crippen molar-refractivity contribution in [2.75, 3.05) is 32.8 Å². The van der Waals surface area contributed by atoms with Crippen LogP contribution in [0.25, 0.3) is 22.4 Å². The second kappa shape index (κ2) is 6.71. The van der Waals surface area contributed by atoms with Crippen molar-refractivity contribution in [1.82, 2.24) is 14.9 Å². The monoisotopic (exact) mass is 323 g/mol. The molecule has 0 unspecified atom stereocenters. The lowest BCUT2D eigenvalue weighted by molar-refractivity contribution is 0.0384. The highest BCUT2D eigenvalue weighted by atomic mass is 16.5. The van der Waals surface area contributed by atoms with Crippen LogP contribution in [0.15, 0.2) is 40.9 Å². The maximum absolute atomic E-state index is 5.45. The van der Waals surface area contributed by atoms with Crippen LogP contribution in [0.3, 0.4) is 0 Å². The van der Waals surface area contributed by atoms with Crippen LogP contribution in [-0.2, 0) is 11.2 Å². The van der Waals surface area contributed by atoms with Gasteiger partial charge in [-0.25, -0.2) is 9.97 Å². The van der Waals surface area contributed by atoms with Gasteiger partial charge in [0.15, 0.2) is 5.89 Å². The number of ether oxygens (including phenoxy) is 1. The van der Waals surface area contributed by atoms with Crippen molar-refractivity contribution in [3.05, 3.63) is 48.0 Å². The first kappa shape index (κ1) is 15.3. The lowest BCUT2D eigenvalue weighted by Crippen LogP contribution is -2.37. The summed E-state index contributed by atoms with van der Waals surface area (Å²) < 4.78 is 10.9. The summed E-state index contributed by atoms with van der Waals surface area (Å²) in [4.78, 5) is 11.2. The molecular formula is C19H21N3O2. The van der Waals surface area contributed by atoms with E-state index >= 15 is 0 Å². The van der Waals surface area contributed by atoms with E-state index in [2.05, 4.69) is 39.1 Å². The molecule has 0 bridgehead atoms. The highest BCUT2D eigenvalue weighted by Crippen LogP contribution is 2.24. The molecule has 3 heterocycles. The third-order valence-corrected chi connectivity index (χ3v) is 4.44. The third-order valence-electron chi connectivity index (χ3n) is 4.44. The molecule has 0 radical (unpaired) electrons. The lowest BCUT2D eigenvalue weighted by atomic mass is 10.0. The molecule has 0 N–H and O–H groups in total.